The summed E-state index contributed by atoms with van der Waals surface area (Å²) in [6.07, 6.45) is 0.544. The van der Waals surface area contributed by atoms with Crippen molar-refractivity contribution in [2.24, 2.45) is 0 Å². The van der Waals surface area contributed by atoms with Gasteiger partial charge in [-0.15, -0.1) is 0 Å². The molecule has 3 aromatic carbocycles. The summed E-state index contributed by atoms with van der Waals surface area (Å²) in [5, 5.41) is 12.3. The van der Waals surface area contributed by atoms with Gasteiger partial charge in [0.15, 0.2) is 0 Å². The zero-order valence-corrected chi connectivity index (χ0v) is 18.1. The number of hydrogen-bond donors (Lipinski definition) is 3. The first-order valence-electron chi connectivity index (χ1n) is 10.5. The summed E-state index contributed by atoms with van der Waals surface area (Å²) in [6.45, 7) is 0.495. The molecule has 8 heteroatoms. The molecule has 1 amide bonds. The van der Waals surface area contributed by atoms with Gasteiger partial charge in [0.2, 0.25) is 0 Å². The van der Waals surface area contributed by atoms with Gasteiger partial charge in [-0.1, -0.05) is 36.4 Å². The fourth-order valence-corrected chi connectivity index (χ4v) is 3.81. The second-order valence-electron chi connectivity index (χ2n) is 7.68. The van der Waals surface area contributed by atoms with E-state index in [9.17, 15) is 14.4 Å². The molecule has 0 aliphatic carbocycles. The van der Waals surface area contributed by atoms with Crippen molar-refractivity contribution in [2.45, 2.75) is 19.5 Å². The smallest absolute Gasteiger partial charge is 0.331 e. The molecule has 8 nitrogen and oxygen atoms in total. The van der Waals surface area contributed by atoms with Crippen LogP contribution in [0.3, 0.4) is 0 Å². The maximum absolute atomic E-state index is 13.4. The Kier molecular flexibility index (Phi) is 6.37. The number of nitrogens with zero attached hydrogens (tertiary/aromatic N) is 2. The fourth-order valence-electron chi connectivity index (χ4n) is 3.81. The summed E-state index contributed by atoms with van der Waals surface area (Å²) < 4.78 is 2.85. The Bertz CT molecular complexity index is 1400. The molecule has 1 aromatic heterocycles. The van der Waals surface area contributed by atoms with Crippen molar-refractivity contribution in [1.29, 1.82) is 0 Å². The molecule has 0 atom stereocenters. The number of aromatic nitrogens is 2. The van der Waals surface area contributed by atoms with E-state index in [-0.39, 0.29) is 24.3 Å². The lowest BCUT2D eigenvalue weighted by Crippen LogP contribution is -2.40. The molecule has 4 rings (SSSR count). The average molecular weight is 444 g/mol. The van der Waals surface area contributed by atoms with E-state index in [0.717, 1.165) is 16.8 Å². The minimum absolute atomic E-state index is 0.234. The Hall–Kier alpha value is -4.17. The van der Waals surface area contributed by atoms with Crippen LogP contribution >= 0.6 is 0 Å². The van der Waals surface area contributed by atoms with E-state index in [4.69, 9.17) is 5.21 Å². The Morgan fingerprint density at radius 2 is 1.55 bits per heavy atom. The van der Waals surface area contributed by atoms with E-state index in [1.54, 1.807) is 58.6 Å². The summed E-state index contributed by atoms with van der Waals surface area (Å²) in [6, 6.07) is 21.5. The van der Waals surface area contributed by atoms with Crippen molar-refractivity contribution in [3.05, 3.63) is 110 Å². The normalized spacial score (nSPS) is 10.8. The number of nitrogens with one attached hydrogen (secondary N) is 2. The first kappa shape index (κ1) is 22.0. The number of para-hydroxylation sites is 1. The molecule has 0 fully saturated rings. The van der Waals surface area contributed by atoms with Crippen LogP contribution in [-0.4, -0.2) is 27.3 Å². The molecule has 3 N–H and O–H groups in total. The minimum atomic E-state index is -0.611. The van der Waals surface area contributed by atoms with Crippen molar-refractivity contribution in [3.63, 3.8) is 0 Å². The van der Waals surface area contributed by atoms with Gasteiger partial charge < -0.3 is 5.32 Å². The Morgan fingerprint density at radius 1 is 0.879 bits per heavy atom. The van der Waals surface area contributed by atoms with Crippen LogP contribution in [0.25, 0.3) is 10.9 Å². The molecular weight excluding hydrogens is 420 g/mol. The lowest BCUT2D eigenvalue weighted by molar-refractivity contribution is 0.0706. The van der Waals surface area contributed by atoms with E-state index < -0.39 is 5.91 Å². The highest BCUT2D eigenvalue weighted by Gasteiger charge is 2.14. The summed E-state index contributed by atoms with van der Waals surface area (Å²) in [5.74, 6) is -0.611. The molecule has 0 aliphatic rings. The Labute approximate surface area is 189 Å². The molecule has 0 unspecified atom stereocenters. The summed E-state index contributed by atoms with van der Waals surface area (Å²) in [5.41, 5.74) is 4.55. The maximum Gasteiger partial charge on any atom is 0.331 e. The maximum atomic E-state index is 13.4. The highest BCUT2D eigenvalue weighted by Crippen LogP contribution is 2.13. The first-order valence-corrected chi connectivity index (χ1v) is 10.5. The van der Waals surface area contributed by atoms with Crippen molar-refractivity contribution in [2.75, 3.05) is 12.4 Å². The molecule has 1 heterocycles. The minimum Gasteiger partial charge on any atom is -0.388 e. The largest absolute Gasteiger partial charge is 0.388 e. The Morgan fingerprint density at radius 3 is 2.21 bits per heavy atom. The molecular formula is C25H24N4O4. The lowest BCUT2D eigenvalue weighted by Gasteiger charge is -2.14. The number of carbonyl (C=O) groups excluding carboxylic acids is 1. The number of amides is 1. The quantitative estimate of drug-likeness (QED) is 0.300. The van der Waals surface area contributed by atoms with Gasteiger partial charge in [-0.25, -0.2) is 10.3 Å². The van der Waals surface area contributed by atoms with Crippen molar-refractivity contribution < 1.29 is 10.0 Å². The zero-order chi connectivity index (χ0) is 23.4. The van der Waals surface area contributed by atoms with Crippen LogP contribution < -0.4 is 22.0 Å². The molecule has 0 aliphatic heterocycles. The van der Waals surface area contributed by atoms with Crippen LogP contribution in [0.2, 0.25) is 0 Å². The molecule has 0 spiro atoms. The van der Waals surface area contributed by atoms with E-state index in [2.05, 4.69) is 5.32 Å². The Balaban J connectivity index is 1.70. The molecule has 0 radical (unpaired) electrons. The van der Waals surface area contributed by atoms with Gasteiger partial charge in [0.05, 0.1) is 17.4 Å². The number of benzene rings is 3. The van der Waals surface area contributed by atoms with E-state index in [0.29, 0.717) is 22.9 Å². The number of anilines is 1. The van der Waals surface area contributed by atoms with Gasteiger partial charge in [0.1, 0.15) is 0 Å². The molecule has 0 bridgehead atoms. The predicted octanol–water partition coefficient (Wildman–Crippen LogP) is 2.61. The number of hydroxylamine groups is 1. The number of aryl methyl sites for hydroxylation is 1. The van der Waals surface area contributed by atoms with Gasteiger partial charge in [0, 0.05) is 24.8 Å². The van der Waals surface area contributed by atoms with Crippen LogP contribution in [0.5, 0.6) is 0 Å². The summed E-state index contributed by atoms with van der Waals surface area (Å²) >= 11 is 0. The van der Waals surface area contributed by atoms with Crippen LogP contribution in [0.1, 0.15) is 21.5 Å². The van der Waals surface area contributed by atoms with Crippen LogP contribution in [-0.2, 0) is 19.5 Å². The monoisotopic (exact) mass is 444 g/mol. The highest BCUT2D eigenvalue weighted by molar-refractivity contribution is 5.93. The van der Waals surface area contributed by atoms with Crippen LogP contribution in [0, 0.1) is 0 Å². The fraction of sp³-hybridized carbons (Fsp3) is 0.160. The second-order valence-corrected chi connectivity index (χ2v) is 7.68. The van der Waals surface area contributed by atoms with Crippen LogP contribution in [0.4, 0.5) is 5.69 Å². The van der Waals surface area contributed by atoms with Gasteiger partial charge in [-0.3, -0.25) is 23.9 Å². The SMILES string of the molecule is CNc1ccc(CCn2c(=O)c3ccccc3n(Cc3ccc(C(=O)NO)cc3)c2=O)cc1. The topological polar surface area (TPSA) is 105 Å². The van der Waals surface area contributed by atoms with E-state index in [1.807, 2.05) is 31.3 Å². The number of carbonyl (C=O) groups is 1. The van der Waals surface area contributed by atoms with E-state index >= 15 is 0 Å². The molecule has 0 saturated carbocycles. The van der Waals surface area contributed by atoms with E-state index in [1.165, 1.54) is 4.57 Å². The van der Waals surface area contributed by atoms with Gasteiger partial charge in [-0.05, 0) is 53.9 Å². The number of fused-ring (bicyclic) bond motifs is 1. The molecule has 4 aromatic rings. The standard InChI is InChI=1S/C25H24N4O4/c1-26-20-12-8-17(9-13-20)14-15-28-24(31)21-4-2-3-5-22(21)29(25(28)32)16-18-6-10-19(11-7-18)23(30)27-33/h2-13,26,33H,14-16H2,1H3,(H,27,30). The average Bonchev–Trinajstić information content (AvgIpc) is 2.86. The summed E-state index contributed by atoms with van der Waals surface area (Å²) in [4.78, 5) is 38.0. The lowest BCUT2D eigenvalue weighted by atomic mass is 10.1. The molecule has 168 valence electrons. The van der Waals surface area contributed by atoms with Crippen molar-refractivity contribution >= 4 is 22.5 Å². The van der Waals surface area contributed by atoms with Gasteiger partial charge in [-0.2, -0.15) is 0 Å². The number of hydrogen-bond acceptors (Lipinski definition) is 5. The first-order chi connectivity index (χ1) is 16.0. The summed E-state index contributed by atoms with van der Waals surface area (Å²) in [7, 11) is 1.85. The highest BCUT2D eigenvalue weighted by atomic mass is 16.5. The third-order valence-corrected chi connectivity index (χ3v) is 5.66. The van der Waals surface area contributed by atoms with Gasteiger partial charge in [0.25, 0.3) is 11.5 Å². The third kappa shape index (κ3) is 4.56. The second kappa shape index (κ2) is 9.54. The van der Waals surface area contributed by atoms with Crippen LogP contribution in [0.15, 0.2) is 82.4 Å². The van der Waals surface area contributed by atoms with Gasteiger partial charge >= 0.3 is 5.69 Å². The van der Waals surface area contributed by atoms with Crippen molar-refractivity contribution in [3.8, 4) is 0 Å². The zero-order valence-electron chi connectivity index (χ0n) is 18.1. The number of rotatable bonds is 7. The third-order valence-electron chi connectivity index (χ3n) is 5.66. The molecule has 0 saturated heterocycles. The van der Waals surface area contributed by atoms with Crippen molar-refractivity contribution in [1.82, 2.24) is 14.6 Å². The molecule has 33 heavy (non-hydrogen) atoms. The predicted molar refractivity (Wildman–Crippen MR) is 127 cm³/mol.